The molecule has 0 spiro atoms. The van der Waals surface area contributed by atoms with Crippen LogP contribution in [0.4, 0.5) is 0 Å². The summed E-state index contributed by atoms with van der Waals surface area (Å²) >= 11 is 0. The van der Waals surface area contributed by atoms with Gasteiger partial charge in [-0.15, -0.1) is 0 Å². The molecular weight excluding hydrogens is 242 g/mol. The van der Waals surface area contributed by atoms with Gasteiger partial charge < -0.3 is 15.5 Å². The molecule has 0 aromatic rings. The Morgan fingerprint density at radius 1 is 1.32 bits per heavy atom. The number of carbonyl (C=O) groups is 2. The number of rotatable bonds is 7. The van der Waals surface area contributed by atoms with Crippen LogP contribution in [0.1, 0.15) is 46.0 Å². The predicted octanol–water partition coefficient (Wildman–Crippen LogP) is 0.892. The van der Waals surface area contributed by atoms with Gasteiger partial charge in [0.15, 0.2) is 0 Å². The van der Waals surface area contributed by atoms with Crippen molar-refractivity contribution in [3.05, 3.63) is 0 Å². The van der Waals surface area contributed by atoms with E-state index in [1.54, 1.807) is 0 Å². The molecule has 0 radical (unpaired) electrons. The number of hydrogen-bond acceptors (Lipinski definition) is 3. The number of nitrogens with zero attached hydrogens (tertiary/aromatic N) is 1. The molecule has 5 heteroatoms. The van der Waals surface area contributed by atoms with Gasteiger partial charge in [-0.05, 0) is 40.2 Å². The molecule has 5 nitrogen and oxygen atoms in total. The SMILES string of the molecule is CNCC1CCCN1C(=O)CCCC(=O)NC(C)C. The summed E-state index contributed by atoms with van der Waals surface area (Å²) in [5.74, 6) is 0.228. The third-order valence-electron chi connectivity index (χ3n) is 3.38. The van der Waals surface area contributed by atoms with Crippen LogP contribution >= 0.6 is 0 Å². The first-order valence-electron chi connectivity index (χ1n) is 7.28. The van der Waals surface area contributed by atoms with Crippen molar-refractivity contribution in [1.82, 2.24) is 15.5 Å². The maximum absolute atomic E-state index is 12.1. The molecule has 0 bridgehead atoms. The average molecular weight is 269 g/mol. The van der Waals surface area contributed by atoms with Gasteiger partial charge in [-0.1, -0.05) is 0 Å². The molecule has 110 valence electrons. The van der Waals surface area contributed by atoms with Crippen LogP contribution in [0, 0.1) is 0 Å². The highest BCUT2D eigenvalue weighted by Crippen LogP contribution is 2.18. The highest BCUT2D eigenvalue weighted by Gasteiger charge is 2.27. The minimum absolute atomic E-state index is 0.0380. The molecule has 0 aromatic carbocycles. The topological polar surface area (TPSA) is 61.4 Å². The molecule has 2 N–H and O–H groups in total. The summed E-state index contributed by atoms with van der Waals surface area (Å²) in [5.41, 5.74) is 0. The summed E-state index contributed by atoms with van der Waals surface area (Å²) in [6.45, 7) is 5.61. The van der Waals surface area contributed by atoms with E-state index in [1.807, 2.05) is 25.8 Å². The van der Waals surface area contributed by atoms with Crippen LogP contribution in [0.3, 0.4) is 0 Å². The van der Waals surface area contributed by atoms with E-state index in [9.17, 15) is 9.59 Å². The van der Waals surface area contributed by atoms with Crippen LogP contribution in [-0.2, 0) is 9.59 Å². The summed E-state index contributed by atoms with van der Waals surface area (Å²) < 4.78 is 0. The Bertz CT molecular complexity index is 305. The molecule has 0 aromatic heterocycles. The van der Waals surface area contributed by atoms with Gasteiger partial charge in [-0.2, -0.15) is 0 Å². The smallest absolute Gasteiger partial charge is 0.222 e. The van der Waals surface area contributed by atoms with Crippen LogP contribution in [0.15, 0.2) is 0 Å². The standard InChI is InChI=1S/C14H27N3O2/c1-11(2)16-13(18)7-4-8-14(19)17-9-5-6-12(17)10-15-3/h11-12,15H,4-10H2,1-3H3,(H,16,18). The zero-order chi connectivity index (χ0) is 14.3. The second-order valence-electron chi connectivity index (χ2n) is 5.52. The lowest BCUT2D eigenvalue weighted by molar-refractivity contribution is -0.132. The minimum atomic E-state index is 0.0380. The number of hydrogen-bond donors (Lipinski definition) is 2. The Kier molecular flexibility index (Phi) is 6.84. The molecule has 1 unspecified atom stereocenters. The van der Waals surface area contributed by atoms with E-state index in [1.165, 1.54) is 0 Å². The third-order valence-corrected chi connectivity index (χ3v) is 3.38. The Labute approximate surface area is 116 Å². The molecule has 1 aliphatic heterocycles. The molecule has 1 rings (SSSR count). The minimum Gasteiger partial charge on any atom is -0.354 e. The molecule has 1 atom stereocenters. The fourth-order valence-corrected chi connectivity index (χ4v) is 2.55. The van der Waals surface area contributed by atoms with Crippen molar-refractivity contribution < 1.29 is 9.59 Å². The normalized spacial score (nSPS) is 18.9. The van der Waals surface area contributed by atoms with Crippen LogP contribution in [0.2, 0.25) is 0 Å². The molecule has 0 aliphatic carbocycles. The summed E-state index contributed by atoms with van der Waals surface area (Å²) in [6.07, 6.45) is 3.73. The van der Waals surface area contributed by atoms with E-state index in [-0.39, 0.29) is 17.9 Å². The Balaban J connectivity index is 2.25. The lowest BCUT2D eigenvalue weighted by Gasteiger charge is -2.24. The highest BCUT2D eigenvalue weighted by molar-refractivity contribution is 5.79. The first-order chi connectivity index (χ1) is 9.04. The van der Waals surface area contributed by atoms with E-state index in [2.05, 4.69) is 10.6 Å². The maximum atomic E-state index is 12.1. The van der Waals surface area contributed by atoms with E-state index < -0.39 is 0 Å². The maximum Gasteiger partial charge on any atom is 0.222 e. The Hall–Kier alpha value is -1.10. The molecule has 1 heterocycles. The van der Waals surface area contributed by atoms with Gasteiger partial charge in [0.25, 0.3) is 0 Å². The Morgan fingerprint density at radius 2 is 2.05 bits per heavy atom. The molecule has 19 heavy (non-hydrogen) atoms. The highest BCUT2D eigenvalue weighted by atomic mass is 16.2. The van der Waals surface area contributed by atoms with E-state index in [4.69, 9.17) is 0 Å². The second kappa shape index (κ2) is 8.15. The van der Waals surface area contributed by atoms with Gasteiger partial charge in [0.05, 0.1) is 0 Å². The number of nitrogens with one attached hydrogen (secondary N) is 2. The van der Waals surface area contributed by atoms with Crippen LogP contribution in [-0.4, -0.2) is 48.9 Å². The number of carbonyl (C=O) groups excluding carboxylic acids is 2. The van der Waals surface area contributed by atoms with Crippen molar-refractivity contribution in [2.75, 3.05) is 20.1 Å². The summed E-state index contributed by atoms with van der Waals surface area (Å²) in [5, 5.41) is 5.97. The first kappa shape index (κ1) is 16.0. The Morgan fingerprint density at radius 3 is 2.68 bits per heavy atom. The van der Waals surface area contributed by atoms with Gasteiger partial charge in [-0.3, -0.25) is 9.59 Å². The van der Waals surface area contributed by atoms with E-state index >= 15 is 0 Å². The van der Waals surface area contributed by atoms with Crippen molar-refractivity contribution in [2.45, 2.75) is 58.0 Å². The molecule has 0 saturated carbocycles. The lowest BCUT2D eigenvalue weighted by Crippen LogP contribution is -2.40. The van der Waals surface area contributed by atoms with Crippen molar-refractivity contribution in [3.63, 3.8) is 0 Å². The van der Waals surface area contributed by atoms with Gasteiger partial charge >= 0.3 is 0 Å². The molecular formula is C14H27N3O2. The zero-order valence-corrected chi connectivity index (χ0v) is 12.4. The molecule has 2 amide bonds. The largest absolute Gasteiger partial charge is 0.354 e. The molecule has 1 saturated heterocycles. The average Bonchev–Trinajstić information content (AvgIpc) is 2.76. The van der Waals surface area contributed by atoms with Crippen molar-refractivity contribution in [3.8, 4) is 0 Å². The summed E-state index contributed by atoms with van der Waals surface area (Å²) in [4.78, 5) is 25.5. The number of likely N-dealkylation sites (tertiary alicyclic amines) is 1. The van der Waals surface area contributed by atoms with Crippen LogP contribution in [0.5, 0.6) is 0 Å². The van der Waals surface area contributed by atoms with Gasteiger partial charge in [0.1, 0.15) is 0 Å². The summed E-state index contributed by atoms with van der Waals surface area (Å²) in [7, 11) is 1.91. The van der Waals surface area contributed by atoms with Gasteiger partial charge in [0, 0.05) is 38.0 Å². The third kappa shape index (κ3) is 5.59. The predicted molar refractivity (Wildman–Crippen MR) is 75.8 cm³/mol. The van der Waals surface area contributed by atoms with Crippen molar-refractivity contribution >= 4 is 11.8 Å². The number of amides is 2. The van der Waals surface area contributed by atoms with Crippen molar-refractivity contribution in [2.24, 2.45) is 0 Å². The van der Waals surface area contributed by atoms with Gasteiger partial charge in [-0.25, -0.2) is 0 Å². The van der Waals surface area contributed by atoms with E-state index in [0.29, 0.717) is 25.3 Å². The van der Waals surface area contributed by atoms with Crippen LogP contribution in [0.25, 0.3) is 0 Å². The van der Waals surface area contributed by atoms with Crippen LogP contribution < -0.4 is 10.6 Å². The fraction of sp³-hybridized carbons (Fsp3) is 0.857. The quantitative estimate of drug-likeness (QED) is 0.721. The first-order valence-corrected chi connectivity index (χ1v) is 7.28. The lowest BCUT2D eigenvalue weighted by atomic mass is 10.2. The zero-order valence-electron chi connectivity index (χ0n) is 12.4. The fourth-order valence-electron chi connectivity index (χ4n) is 2.55. The summed E-state index contributed by atoms with van der Waals surface area (Å²) in [6, 6.07) is 0.504. The number of likely N-dealkylation sites (N-methyl/N-ethyl adjacent to an activating group) is 1. The van der Waals surface area contributed by atoms with E-state index in [0.717, 1.165) is 25.9 Å². The molecule has 1 aliphatic rings. The second-order valence-corrected chi connectivity index (χ2v) is 5.52. The van der Waals surface area contributed by atoms with Crippen molar-refractivity contribution in [1.29, 1.82) is 0 Å². The molecule has 1 fully saturated rings. The monoisotopic (exact) mass is 269 g/mol. The van der Waals surface area contributed by atoms with Gasteiger partial charge in [0.2, 0.25) is 11.8 Å².